The second kappa shape index (κ2) is 22.2. The van der Waals surface area contributed by atoms with E-state index in [-0.39, 0.29) is 19.4 Å². The minimum atomic E-state index is -1.62. The fraction of sp³-hybridized carbons (Fsp3) is 0.564. The molecule has 0 bridgehead atoms. The molecule has 22 nitrogen and oxygen atoms in total. The number of hydrogen-bond acceptors (Lipinski definition) is 13. The van der Waals surface area contributed by atoms with E-state index in [4.69, 9.17) is 11.5 Å². The summed E-state index contributed by atoms with van der Waals surface area (Å²) in [5, 5.41) is 39.3. The molecule has 9 amide bonds. The Morgan fingerprint density at radius 3 is 2.18 bits per heavy atom. The number of nitrogen functional groups attached to an aromatic ring is 1. The van der Waals surface area contributed by atoms with Gasteiger partial charge in [0.2, 0.25) is 53.2 Å². The number of aliphatic hydroxyl groups excluding tert-OH is 2. The Kier molecular flexibility index (Phi) is 17.5. The number of carbonyl (C=O) groups is 9. The summed E-state index contributed by atoms with van der Waals surface area (Å²) in [4.78, 5) is 125. The third kappa shape index (κ3) is 12.6. The lowest BCUT2D eigenvalue weighted by atomic mass is 9.94. The molecule has 2 saturated heterocycles. The van der Waals surface area contributed by atoms with Gasteiger partial charge in [-0.05, 0) is 42.7 Å². The number of H-pyrrole nitrogens is 1. The van der Waals surface area contributed by atoms with E-state index < -0.39 is 134 Å². The van der Waals surface area contributed by atoms with Crippen molar-refractivity contribution in [1.29, 1.82) is 0 Å². The van der Waals surface area contributed by atoms with Gasteiger partial charge in [0.05, 0.1) is 43.8 Å². The Morgan fingerprint density at radius 1 is 0.855 bits per heavy atom. The molecule has 14 N–H and O–H groups in total. The predicted molar refractivity (Wildman–Crippen MR) is 225 cm³/mol. The van der Waals surface area contributed by atoms with Crippen LogP contribution in [0, 0.1) is 11.8 Å². The topological polar surface area (TPSA) is 349 Å². The van der Waals surface area contributed by atoms with Gasteiger partial charge in [0.25, 0.3) is 0 Å². The van der Waals surface area contributed by atoms with E-state index in [0.717, 1.165) is 4.90 Å². The van der Waals surface area contributed by atoms with Crippen molar-refractivity contribution in [2.24, 2.45) is 17.6 Å². The van der Waals surface area contributed by atoms with Gasteiger partial charge in [-0.25, -0.2) is 0 Å². The van der Waals surface area contributed by atoms with Crippen molar-refractivity contribution in [1.82, 2.24) is 47.1 Å². The zero-order valence-corrected chi connectivity index (χ0v) is 35.8. The first-order chi connectivity index (χ1) is 29.4. The minimum Gasteiger partial charge on any atom is -0.399 e. The molecular weight excluding hydrogens is 831 g/mol. The molecule has 0 aliphatic carbocycles. The van der Waals surface area contributed by atoms with E-state index in [1.807, 2.05) is 0 Å². The summed E-state index contributed by atoms with van der Waals surface area (Å²) in [5.74, 6) is -9.31. The van der Waals surface area contributed by atoms with E-state index >= 15 is 0 Å². The van der Waals surface area contributed by atoms with Gasteiger partial charge in [-0.2, -0.15) is 0 Å². The van der Waals surface area contributed by atoms with Crippen molar-refractivity contribution in [2.75, 3.05) is 44.8 Å². The number of aromatic nitrogens is 1. The number of carbonyl (C=O) groups excluding carboxylic acids is 9. The van der Waals surface area contributed by atoms with E-state index in [1.54, 1.807) is 38.3 Å². The number of hydrogen-bond donors (Lipinski definition) is 12. The van der Waals surface area contributed by atoms with Crippen LogP contribution in [-0.4, -0.2) is 149 Å². The SMILES string of the molecule is CCC(C)C1NC(=O)CNC(=O)C(Cc2c(SC)[nH]c3cc(N)ccc23)NC(=O)C([C@@H](C)C(O)CO)NC(=O)C2CCCN2C(=O)C(CC(N)=O)NC(=O)CNC(=O)CNC1=O. The number of aliphatic hydroxyl groups is 2. The number of fused-ring (bicyclic) bond motifs is 2. The van der Waals surface area contributed by atoms with Crippen LogP contribution in [-0.2, 0) is 49.6 Å². The fourth-order valence-electron chi connectivity index (χ4n) is 7.26. The van der Waals surface area contributed by atoms with E-state index in [1.165, 1.54) is 18.7 Å². The highest BCUT2D eigenvalue weighted by Gasteiger charge is 2.41. The summed E-state index contributed by atoms with van der Waals surface area (Å²) in [7, 11) is 0. The predicted octanol–water partition coefficient (Wildman–Crippen LogP) is -3.78. The molecule has 2 fully saturated rings. The molecule has 0 spiro atoms. The van der Waals surface area contributed by atoms with Crippen molar-refractivity contribution in [2.45, 2.75) is 94.2 Å². The van der Waals surface area contributed by atoms with Crippen LogP contribution in [0.15, 0.2) is 23.2 Å². The number of primary amides is 1. The maximum absolute atomic E-state index is 14.4. The third-order valence-electron chi connectivity index (χ3n) is 11.0. The van der Waals surface area contributed by atoms with Crippen LogP contribution < -0.4 is 48.7 Å². The van der Waals surface area contributed by atoms with Crippen LogP contribution in [0.1, 0.15) is 52.0 Å². The second-order valence-electron chi connectivity index (χ2n) is 15.4. The zero-order valence-electron chi connectivity index (χ0n) is 35.0. The van der Waals surface area contributed by atoms with Crippen LogP contribution in [0.3, 0.4) is 0 Å². The van der Waals surface area contributed by atoms with Crippen LogP contribution in [0.4, 0.5) is 5.69 Å². The number of anilines is 1. The van der Waals surface area contributed by atoms with E-state index in [2.05, 4.69) is 42.2 Å². The first kappa shape index (κ1) is 48.7. The molecule has 8 atom stereocenters. The number of nitrogens with one attached hydrogen (secondary N) is 8. The molecule has 0 saturated carbocycles. The number of aromatic amines is 1. The molecule has 2 aliphatic rings. The monoisotopic (exact) mass is 887 g/mol. The van der Waals surface area contributed by atoms with Gasteiger partial charge in [-0.15, -0.1) is 11.8 Å². The fourth-order valence-corrected chi connectivity index (χ4v) is 7.91. The number of thioether (sulfide) groups is 1. The summed E-state index contributed by atoms with van der Waals surface area (Å²) >= 11 is 1.33. The summed E-state index contributed by atoms with van der Waals surface area (Å²) in [5.41, 5.74) is 13.1. The zero-order chi connectivity index (χ0) is 45.8. The standard InChI is InChI=1S/C39H57N11O11S/c1-5-18(2)32-36(59)44-14-29(54)42-15-30(55)45-25(13-28(41)53)39(61)50-10-6-7-26(50)35(58)49-33(19(3)27(52)17-51)37(60)46-24(34(57)43-16-31(56)48-32)12-22-21-9-8-20(40)11-23(21)47-38(22)62-4/h8-9,11,18-19,24-27,32-33,47,51-52H,5-7,10,12-17,40H2,1-4H3,(H2,41,53)(H,42,54)(H,43,57)(H,44,59)(H,45,55)(H,46,60)(H,48,56)(H,49,58)/t18?,19-,24?,25?,26?,27?,32?,33?/m0/s1. The lowest BCUT2D eigenvalue weighted by Crippen LogP contribution is -2.61. The lowest BCUT2D eigenvalue weighted by Gasteiger charge is -2.32. The number of amides is 9. The number of nitrogens with two attached hydrogens (primary N) is 2. The number of benzene rings is 1. The molecule has 4 rings (SSSR count). The van der Waals surface area contributed by atoms with Gasteiger partial charge in [0, 0.05) is 35.5 Å². The van der Waals surface area contributed by atoms with Crippen LogP contribution in [0.2, 0.25) is 0 Å². The highest BCUT2D eigenvalue weighted by Crippen LogP contribution is 2.31. The maximum atomic E-state index is 14.4. The maximum Gasteiger partial charge on any atom is 0.246 e. The van der Waals surface area contributed by atoms with Crippen molar-refractivity contribution in [3.63, 3.8) is 0 Å². The van der Waals surface area contributed by atoms with Crippen molar-refractivity contribution >= 4 is 81.5 Å². The molecule has 1 aromatic carbocycles. The molecule has 3 heterocycles. The second-order valence-corrected chi connectivity index (χ2v) is 16.2. The van der Waals surface area contributed by atoms with Gasteiger partial charge < -0.3 is 68.8 Å². The number of rotatable bonds is 10. The van der Waals surface area contributed by atoms with Crippen molar-refractivity contribution < 1.29 is 53.4 Å². The van der Waals surface area contributed by atoms with Crippen LogP contribution in [0.25, 0.3) is 10.9 Å². The van der Waals surface area contributed by atoms with Gasteiger partial charge in [0.1, 0.15) is 30.2 Å². The molecule has 1 aromatic heterocycles. The molecule has 2 aromatic rings. The van der Waals surface area contributed by atoms with Gasteiger partial charge >= 0.3 is 0 Å². The Balaban J connectivity index is 1.76. The molecule has 23 heteroatoms. The van der Waals surface area contributed by atoms with Gasteiger partial charge in [-0.3, -0.25) is 43.2 Å². The summed E-state index contributed by atoms with van der Waals surface area (Å²) in [6.07, 6.45) is 0.231. The molecule has 340 valence electrons. The smallest absolute Gasteiger partial charge is 0.246 e. The highest BCUT2D eigenvalue weighted by molar-refractivity contribution is 7.98. The molecular formula is C39H57N11O11S. The molecule has 2 aliphatic heterocycles. The quantitative estimate of drug-likeness (QED) is 0.0806. The summed E-state index contributed by atoms with van der Waals surface area (Å²) < 4.78 is 0. The Hall–Kier alpha value is -5.94. The normalized spacial score (nSPS) is 24.5. The lowest BCUT2D eigenvalue weighted by molar-refractivity contribution is -0.143. The van der Waals surface area contributed by atoms with E-state index in [0.29, 0.717) is 40.0 Å². The Bertz CT molecular complexity index is 2030. The van der Waals surface area contributed by atoms with E-state index in [9.17, 15) is 53.4 Å². The van der Waals surface area contributed by atoms with Crippen molar-refractivity contribution in [3.8, 4) is 0 Å². The van der Waals surface area contributed by atoms with Crippen LogP contribution in [0.5, 0.6) is 0 Å². The largest absolute Gasteiger partial charge is 0.399 e. The van der Waals surface area contributed by atoms with Gasteiger partial charge in [0.15, 0.2) is 0 Å². The number of nitrogens with zero attached hydrogens (tertiary/aromatic N) is 1. The molecule has 7 unspecified atom stereocenters. The average Bonchev–Trinajstić information content (AvgIpc) is 3.87. The summed E-state index contributed by atoms with van der Waals surface area (Å²) in [6.45, 7) is 2.10. The first-order valence-corrected chi connectivity index (χ1v) is 21.4. The van der Waals surface area contributed by atoms with Crippen molar-refractivity contribution in [3.05, 3.63) is 23.8 Å². The molecule has 62 heavy (non-hydrogen) atoms. The minimum absolute atomic E-state index is 0.00563. The highest BCUT2D eigenvalue weighted by atomic mass is 32.2. The Labute approximate surface area is 361 Å². The third-order valence-corrected chi connectivity index (χ3v) is 11.8. The van der Waals surface area contributed by atoms with Crippen LogP contribution >= 0.6 is 11.8 Å². The first-order valence-electron chi connectivity index (χ1n) is 20.2. The summed E-state index contributed by atoms with van der Waals surface area (Å²) in [6, 6.07) is -1.91. The average molecular weight is 888 g/mol. The van der Waals surface area contributed by atoms with Gasteiger partial charge in [-0.1, -0.05) is 33.3 Å². The Morgan fingerprint density at radius 2 is 1.52 bits per heavy atom. The molecule has 0 radical (unpaired) electrons.